The number of halogens is 1. The molecule has 6 aromatic rings. The zero-order valence-corrected chi connectivity index (χ0v) is 35.0. The van der Waals surface area contributed by atoms with E-state index in [9.17, 15) is 9.59 Å². The van der Waals surface area contributed by atoms with Gasteiger partial charge in [-0.25, -0.2) is 9.97 Å². The zero-order chi connectivity index (χ0) is 42.7. The minimum atomic E-state index is -0.531. The molecule has 2 aliphatic carbocycles. The number of aryl methyl sites for hydroxylation is 2. The van der Waals surface area contributed by atoms with Crippen molar-refractivity contribution >= 4 is 34.3 Å². The first-order chi connectivity index (χ1) is 29.4. The molecule has 0 atom stereocenters. The topological polar surface area (TPSA) is 153 Å². The van der Waals surface area contributed by atoms with E-state index < -0.39 is 10.8 Å². The van der Waals surface area contributed by atoms with Gasteiger partial charge in [-0.15, -0.1) is 0 Å². The lowest BCUT2D eigenvalue weighted by Gasteiger charge is -2.16. The van der Waals surface area contributed by atoms with E-state index in [4.69, 9.17) is 45.8 Å². The Labute approximate surface area is 358 Å². The van der Waals surface area contributed by atoms with E-state index in [1.54, 1.807) is 30.6 Å². The molecule has 61 heavy (non-hydrogen) atoms. The number of ether oxygens (including phenoxy) is 6. The molecule has 0 radical (unpaired) electrons. The Morgan fingerprint density at radius 1 is 0.639 bits per heavy atom. The fraction of sp³-hybridized carbons (Fsp3) is 0.250. The first kappa shape index (κ1) is 41.0. The molecule has 0 unspecified atom stereocenters. The van der Waals surface area contributed by atoms with Crippen molar-refractivity contribution in [3.8, 4) is 46.1 Å². The van der Waals surface area contributed by atoms with Crippen LogP contribution in [-0.4, -0.2) is 34.7 Å². The predicted octanol–water partition coefficient (Wildman–Crippen LogP) is 10.2. The van der Waals surface area contributed by atoms with Gasteiger partial charge in [-0.2, -0.15) is 0 Å². The fourth-order valence-electron chi connectivity index (χ4n) is 7.00. The van der Waals surface area contributed by atoms with Gasteiger partial charge in [0.25, 0.3) is 0 Å². The number of benzene rings is 4. The number of carbonyl (C=O) groups excluding carboxylic acids is 2. The number of anilines is 2. The average Bonchev–Trinajstić information content (AvgIpc) is 4.16. The number of nitrogens with zero attached hydrogens (tertiary/aromatic N) is 2. The van der Waals surface area contributed by atoms with Gasteiger partial charge in [-0.3, -0.25) is 9.59 Å². The summed E-state index contributed by atoms with van der Waals surface area (Å²) in [7, 11) is 0. The third-order valence-electron chi connectivity index (χ3n) is 11.5. The Morgan fingerprint density at radius 2 is 1.20 bits per heavy atom. The van der Waals surface area contributed by atoms with Crippen LogP contribution in [0.2, 0.25) is 0 Å². The highest BCUT2D eigenvalue weighted by Crippen LogP contribution is 2.52. The maximum atomic E-state index is 13.0. The Morgan fingerprint density at radius 3 is 1.70 bits per heavy atom. The van der Waals surface area contributed by atoms with Gasteiger partial charge in [0.05, 0.1) is 28.9 Å². The Hall–Kier alpha value is -6.79. The van der Waals surface area contributed by atoms with Crippen molar-refractivity contribution in [2.24, 2.45) is 0 Å². The molecule has 3 N–H and O–H groups in total. The van der Waals surface area contributed by atoms with Crippen LogP contribution < -0.4 is 39.5 Å². The van der Waals surface area contributed by atoms with Crippen LogP contribution >= 0.6 is 11.6 Å². The molecule has 1 amide bonds. The molecule has 2 fully saturated rings. The van der Waals surface area contributed by atoms with Crippen LogP contribution in [0.1, 0.15) is 59.1 Å². The van der Waals surface area contributed by atoms with Gasteiger partial charge in [0.2, 0.25) is 30.6 Å². The number of pyridine rings is 2. The number of carbonyl (C=O) groups is 2. The van der Waals surface area contributed by atoms with Crippen LogP contribution in [0.3, 0.4) is 0 Å². The van der Waals surface area contributed by atoms with Gasteiger partial charge in [-0.05, 0) is 153 Å². The third-order valence-corrected chi connectivity index (χ3v) is 11.8. The van der Waals surface area contributed by atoms with E-state index in [0.29, 0.717) is 34.6 Å². The van der Waals surface area contributed by atoms with Crippen molar-refractivity contribution in [3.63, 3.8) is 0 Å². The van der Waals surface area contributed by atoms with Crippen molar-refractivity contribution in [1.29, 1.82) is 0 Å². The highest BCUT2D eigenvalue weighted by molar-refractivity contribution is 6.66. The molecule has 2 aromatic heterocycles. The lowest BCUT2D eigenvalue weighted by Crippen LogP contribution is -2.28. The van der Waals surface area contributed by atoms with E-state index in [1.807, 2.05) is 93.6 Å². The monoisotopic (exact) mass is 840 g/mol. The number of hydrogen-bond acceptors (Lipinski definition) is 11. The average molecular weight is 841 g/mol. The number of aromatic nitrogens is 2. The molecule has 12 nitrogen and oxygen atoms in total. The highest BCUT2D eigenvalue weighted by Gasteiger charge is 2.52. The summed E-state index contributed by atoms with van der Waals surface area (Å²) in [6.07, 6.45) is 6.46. The van der Waals surface area contributed by atoms with Gasteiger partial charge in [0, 0.05) is 6.07 Å². The first-order valence-electron chi connectivity index (χ1n) is 19.9. The Balaban J connectivity index is 0.000000139. The molecule has 312 valence electrons. The molecule has 10 rings (SSSR count). The van der Waals surface area contributed by atoms with E-state index in [-0.39, 0.29) is 24.7 Å². The van der Waals surface area contributed by atoms with Crippen LogP contribution in [0.25, 0.3) is 0 Å². The number of nitrogens with two attached hydrogens (primary N) is 1. The largest absolute Gasteiger partial charge is 0.455 e. The Kier molecular flexibility index (Phi) is 11.5. The smallest absolute Gasteiger partial charge is 0.236 e. The molecular weight excluding hydrogens is 796 g/mol. The highest BCUT2D eigenvalue weighted by atomic mass is 35.5. The predicted molar refractivity (Wildman–Crippen MR) is 231 cm³/mol. The number of nitrogens with one attached hydrogen (secondary N) is 1. The summed E-state index contributed by atoms with van der Waals surface area (Å²) in [5.41, 5.74) is 11.7. The standard InChI is InChI=1S/C24H22N2O4.C13H14N2O.C11H9ClO3/c1-15-4-3-5-19(16(15)2)30-18-7-9-22(25-13-18)26-23(27)24(10-11-24)17-6-8-20-21(12-17)29-14-28-20;1-9-4-3-5-12(10(9)2)16-13-7-6-11(14)8-15-13;12-10(13)11(3-4-11)7-1-2-8-9(5-7)15-6-14-8/h3-9,12-13H,10-11,14H2,1-2H3,(H,25,26,27);3-8H,14H2,1-2H3;1-2,5H,3-4,6H2. The van der Waals surface area contributed by atoms with Crippen LogP contribution in [0.4, 0.5) is 11.5 Å². The second kappa shape index (κ2) is 17.1. The third kappa shape index (κ3) is 8.90. The lowest BCUT2D eigenvalue weighted by atomic mass is 9.94. The summed E-state index contributed by atoms with van der Waals surface area (Å²) in [6.45, 7) is 8.63. The van der Waals surface area contributed by atoms with Crippen LogP contribution in [0, 0.1) is 27.7 Å². The summed E-state index contributed by atoms with van der Waals surface area (Å²) < 4.78 is 32.9. The molecule has 13 heteroatoms. The zero-order valence-electron chi connectivity index (χ0n) is 34.3. The summed E-state index contributed by atoms with van der Waals surface area (Å²) in [5.74, 6) is 6.10. The van der Waals surface area contributed by atoms with Gasteiger partial charge >= 0.3 is 0 Å². The molecular formula is C48H45ClN4O8. The van der Waals surface area contributed by atoms with Crippen molar-refractivity contribution in [2.45, 2.75) is 64.2 Å². The van der Waals surface area contributed by atoms with Crippen LogP contribution in [-0.2, 0) is 20.4 Å². The van der Waals surface area contributed by atoms with Crippen molar-refractivity contribution in [1.82, 2.24) is 9.97 Å². The van der Waals surface area contributed by atoms with Gasteiger partial charge in [0.1, 0.15) is 23.1 Å². The van der Waals surface area contributed by atoms with E-state index in [1.165, 1.54) is 11.1 Å². The summed E-state index contributed by atoms with van der Waals surface area (Å²) in [5, 5.41) is 2.67. The van der Waals surface area contributed by atoms with E-state index in [0.717, 1.165) is 70.9 Å². The molecule has 2 aliphatic heterocycles. The molecule has 4 heterocycles. The lowest BCUT2D eigenvalue weighted by molar-refractivity contribution is -0.118. The minimum Gasteiger partial charge on any atom is -0.455 e. The van der Waals surface area contributed by atoms with Crippen molar-refractivity contribution in [3.05, 3.63) is 143 Å². The SMILES string of the molecule is Cc1cccc(Oc2ccc(N)cn2)c1C.Cc1cccc(Oc2ccc(NC(=O)C3(c4ccc5c(c4)OCO5)CC3)nc2)c1C.O=C(Cl)C1(c2ccc3c(c2)OCO3)CC1. The second-order valence-corrected chi connectivity index (χ2v) is 15.8. The van der Waals surface area contributed by atoms with Gasteiger partial charge in [-0.1, -0.05) is 36.4 Å². The number of rotatable bonds is 9. The van der Waals surface area contributed by atoms with Crippen LogP contribution in [0.15, 0.2) is 109 Å². The van der Waals surface area contributed by atoms with Crippen molar-refractivity contribution < 1.29 is 38.0 Å². The quantitative estimate of drug-likeness (QED) is 0.134. The molecule has 0 saturated heterocycles. The summed E-state index contributed by atoms with van der Waals surface area (Å²) in [6, 6.07) is 30.3. The first-order valence-corrected chi connectivity index (χ1v) is 20.3. The van der Waals surface area contributed by atoms with E-state index >= 15 is 0 Å². The normalized spacial score (nSPS) is 15.2. The second-order valence-electron chi connectivity index (χ2n) is 15.4. The molecule has 0 spiro atoms. The fourth-order valence-corrected chi connectivity index (χ4v) is 7.29. The van der Waals surface area contributed by atoms with Gasteiger partial charge in [0.15, 0.2) is 23.0 Å². The number of hydrogen-bond donors (Lipinski definition) is 2. The van der Waals surface area contributed by atoms with Gasteiger partial charge < -0.3 is 39.5 Å². The maximum absolute atomic E-state index is 13.0. The Bertz CT molecular complexity index is 2590. The number of fused-ring (bicyclic) bond motifs is 2. The molecule has 4 aliphatic rings. The summed E-state index contributed by atoms with van der Waals surface area (Å²) >= 11 is 5.61. The molecule has 4 aromatic carbocycles. The van der Waals surface area contributed by atoms with Crippen LogP contribution in [0.5, 0.6) is 46.1 Å². The number of nitrogen functional groups attached to an aromatic ring is 1. The maximum Gasteiger partial charge on any atom is 0.236 e. The van der Waals surface area contributed by atoms with E-state index in [2.05, 4.69) is 28.3 Å². The van der Waals surface area contributed by atoms with Crippen molar-refractivity contribution in [2.75, 3.05) is 24.6 Å². The summed E-state index contributed by atoms with van der Waals surface area (Å²) in [4.78, 5) is 32.8. The number of amides is 1. The minimum absolute atomic E-state index is 0.0583. The molecule has 2 saturated carbocycles. The molecule has 0 bridgehead atoms.